The highest BCUT2D eigenvalue weighted by molar-refractivity contribution is 6.30. The maximum absolute atomic E-state index is 10.6. The van der Waals surface area contributed by atoms with E-state index in [4.69, 9.17) is 22.1 Å². The zero-order valence-corrected chi connectivity index (χ0v) is 11.7. The van der Waals surface area contributed by atoms with E-state index in [9.17, 15) is 9.90 Å². The third kappa shape index (κ3) is 4.50. The molecule has 0 aliphatic heterocycles. The van der Waals surface area contributed by atoms with Crippen LogP contribution < -0.4 is 10.5 Å². The van der Waals surface area contributed by atoms with Crippen LogP contribution in [0.25, 0.3) is 0 Å². The third-order valence-electron chi connectivity index (χ3n) is 2.55. The van der Waals surface area contributed by atoms with Crippen molar-refractivity contribution in [3.8, 4) is 11.5 Å². The Kier molecular flexibility index (Phi) is 4.79. The number of carbonyl (C=O) groups excluding carboxylic acids is 1. The molecule has 2 aromatic rings. The molecule has 2 rings (SSSR count). The molecule has 6 heteroatoms. The Morgan fingerprint density at radius 3 is 2.62 bits per heavy atom. The SMILES string of the molecule is NC(=O)COc1ccc(C=Nc2ccc(Cl)cc2O)cc1. The summed E-state index contributed by atoms with van der Waals surface area (Å²) in [5, 5.41) is 10.1. The summed E-state index contributed by atoms with van der Waals surface area (Å²) in [4.78, 5) is 14.8. The van der Waals surface area contributed by atoms with Crippen LogP contribution in [-0.2, 0) is 4.79 Å². The summed E-state index contributed by atoms with van der Waals surface area (Å²) in [5.41, 5.74) is 6.23. The van der Waals surface area contributed by atoms with Crippen molar-refractivity contribution in [3.63, 3.8) is 0 Å². The predicted octanol–water partition coefficient (Wildman–Crippen LogP) is 2.66. The molecular weight excluding hydrogens is 292 g/mol. The number of benzene rings is 2. The summed E-state index contributed by atoms with van der Waals surface area (Å²) in [5.74, 6) is 0.0271. The van der Waals surface area contributed by atoms with Crippen LogP contribution in [0.1, 0.15) is 5.56 Å². The number of hydrogen-bond donors (Lipinski definition) is 2. The zero-order valence-electron chi connectivity index (χ0n) is 11.0. The Hall–Kier alpha value is -2.53. The maximum Gasteiger partial charge on any atom is 0.255 e. The average molecular weight is 305 g/mol. The molecule has 0 aliphatic rings. The molecule has 0 bridgehead atoms. The molecule has 0 aliphatic carbocycles. The fourth-order valence-electron chi connectivity index (χ4n) is 1.55. The van der Waals surface area contributed by atoms with Crippen LogP contribution in [0.2, 0.25) is 5.02 Å². The highest BCUT2D eigenvalue weighted by Crippen LogP contribution is 2.29. The van der Waals surface area contributed by atoms with Crippen LogP contribution in [0, 0.1) is 0 Å². The summed E-state index contributed by atoms with van der Waals surface area (Å²) in [6, 6.07) is 11.6. The molecule has 0 fully saturated rings. The van der Waals surface area contributed by atoms with E-state index in [1.807, 2.05) is 0 Å². The lowest BCUT2D eigenvalue weighted by Crippen LogP contribution is -2.19. The van der Waals surface area contributed by atoms with E-state index in [1.165, 1.54) is 6.07 Å². The van der Waals surface area contributed by atoms with Crippen molar-refractivity contribution in [1.29, 1.82) is 0 Å². The van der Waals surface area contributed by atoms with Gasteiger partial charge in [-0.2, -0.15) is 0 Å². The van der Waals surface area contributed by atoms with Crippen LogP contribution in [-0.4, -0.2) is 23.8 Å². The second-order valence-corrected chi connectivity index (χ2v) is 4.65. The van der Waals surface area contributed by atoms with Gasteiger partial charge in [-0.25, -0.2) is 0 Å². The van der Waals surface area contributed by atoms with Crippen molar-refractivity contribution in [1.82, 2.24) is 0 Å². The maximum atomic E-state index is 10.6. The van der Waals surface area contributed by atoms with Gasteiger partial charge in [0.05, 0.1) is 0 Å². The summed E-state index contributed by atoms with van der Waals surface area (Å²) in [6.45, 7) is -0.161. The predicted molar refractivity (Wildman–Crippen MR) is 81.5 cm³/mol. The van der Waals surface area contributed by atoms with Gasteiger partial charge in [0, 0.05) is 17.3 Å². The normalized spacial score (nSPS) is 10.7. The smallest absolute Gasteiger partial charge is 0.255 e. The third-order valence-corrected chi connectivity index (χ3v) is 2.79. The molecule has 0 spiro atoms. The molecule has 0 saturated heterocycles. The fraction of sp³-hybridized carbons (Fsp3) is 0.0667. The number of amides is 1. The number of phenols is 1. The van der Waals surface area contributed by atoms with E-state index in [0.717, 1.165) is 5.56 Å². The molecule has 0 atom stereocenters. The molecule has 3 N–H and O–H groups in total. The van der Waals surface area contributed by atoms with Gasteiger partial charge < -0.3 is 15.6 Å². The first-order valence-electron chi connectivity index (χ1n) is 6.08. The molecule has 0 aromatic heterocycles. The quantitative estimate of drug-likeness (QED) is 0.833. The van der Waals surface area contributed by atoms with Crippen molar-refractivity contribution in [3.05, 3.63) is 53.1 Å². The van der Waals surface area contributed by atoms with Crippen LogP contribution in [0.4, 0.5) is 5.69 Å². The molecular formula is C15H13ClN2O3. The molecule has 5 nitrogen and oxygen atoms in total. The number of nitrogens with two attached hydrogens (primary N) is 1. The largest absolute Gasteiger partial charge is 0.506 e. The Bertz CT molecular complexity index is 669. The number of primary amides is 1. The summed E-state index contributed by atoms with van der Waals surface area (Å²) >= 11 is 5.74. The van der Waals surface area contributed by atoms with Gasteiger partial charge in [-0.1, -0.05) is 11.6 Å². The number of rotatable bonds is 5. The van der Waals surface area contributed by atoms with Crippen molar-refractivity contribution in [2.45, 2.75) is 0 Å². The fourth-order valence-corrected chi connectivity index (χ4v) is 1.72. The standard InChI is InChI=1S/C15H13ClN2O3/c16-11-3-6-13(14(19)7-11)18-8-10-1-4-12(5-2-10)21-9-15(17)20/h1-8,19H,9H2,(H2,17,20). The van der Waals surface area contributed by atoms with Crippen LogP contribution in [0.15, 0.2) is 47.5 Å². The zero-order chi connectivity index (χ0) is 15.2. The van der Waals surface area contributed by atoms with E-state index in [-0.39, 0.29) is 12.4 Å². The van der Waals surface area contributed by atoms with Gasteiger partial charge in [0.25, 0.3) is 5.91 Å². The number of phenolic OH excluding ortho intramolecular Hbond substituents is 1. The molecule has 0 unspecified atom stereocenters. The Labute approximate surface area is 126 Å². The first kappa shape index (κ1) is 14.9. The van der Waals surface area contributed by atoms with E-state index in [1.54, 1.807) is 42.6 Å². The van der Waals surface area contributed by atoms with Gasteiger partial charge in [-0.15, -0.1) is 0 Å². The van der Waals surface area contributed by atoms with Gasteiger partial charge in [0.15, 0.2) is 6.61 Å². The Balaban J connectivity index is 2.05. The van der Waals surface area contributed by atoms with Crippen molar-refractivity contribution in [2.75, 3.05) is 6.61 Å². The molecule has 21 heavy (non-hydrogen) atoms. The van der Waals surface area contributed by atoms with Crippen LogP contribution in [0.5, 0.6) is 11.5 Å². The van der Waals surface area contributed by atoms with Gasteiger partial charge in [-0.05, 0) is 42.0 Å². The number of ether oxygens (including phenoxy) is 1. The second-order valence-electron chi connectivity index (χ2n) is 4.22. The van der Waals surface area contributed by atoms with Crippen molar-refractivity contribution in [2.24, 2.45) is 10.7 Å². The lowest BCUT2D eigenvalue weighted by atomic mass is 10.2. The number of carbonyl (C=O) groups is 1. The van der Waals surface area contributed by atoms with Gasteiger partial charge in [0.2, 0.25) is 0 Å². The minimum atomic E-state index is -0.529. The first-order chi connectivity index (χ1) is 10.0. The summed E-state index contributed by atoms with van der Waals surface area (Å²) in [7, 11) is 0. The average Bonchev–Trinajstić information content (AvgIpc) is 2.45. The highest BCUT2D eigenvalue weighted by atomic mass is 35.5. The Morgan fingerprint density at radius 1 is 1.29 bits per heavy atom. The molecule has 108 valence electrons. The van der Waals surface area contributed by atoms with E-state index in [0.29, 0.717) is 16.5 Å². The number of aromatic hydroxyl groups is 1. The lowest BCUT2D eigenvalue weighted by molar-refractivity contribution is -0.119. The van der Waals surface area contributed by atoms with E-state index < -0.39 is 5.91 Å². The van der Waals surface area contributed by atoms with Crippen molar-refractivity contribution >= 4 is 29.4 Å². The number of nitrogens with zero attached hydrogens (tertiary/aromatic N) is 1. The van der Waals surface area contributed by atoms with Gasteiger partial charge in [-0.3, -0.25) is 9.79 Å². The molecule has 2 aromatic carbocycles. The number of halogens is 1. The summed E-state index contributed by atoms with van der Waals surface area (Å²) in [6.07, 6.45) is 1.60. The molecule has 0 radical (unpaired) electrons. The van der Waals surface area contributed by atoms with Crippen LogP contribution >= 0.6 is 11.6 Å². The molecule has 0 heterocycles. The minimum absolute atomic E-state index is 0.0140. The highest BCUT2D eigenvalue weighted by Gasteiger charge is 2.00. The minimum Gasteiger partial charge on any atom is -0.506 e. The van der Waals surface area contributed by atoms with Crippen molar-refractivity contribution < 1.29 is 14.6 Å². The van der Waals surface area contributed by atoms with Crippen LogP contribution in [0.3, 0.4) is 0 Å². The second kappa shape index (κ2) is 6.76. The number of aliphatic imine (C=N–C) groups is 1. The van der Waals surface area contributed by atoms with E-state index in [2.05, 4.69) is 4.99 Å². The monoisotopic (exact) mass is 304 g/mol. The topological polar surface area (TPSA) is 84.9 Å². The van der Waals surface area contributed by atoms with Gasteiger partial charge in [0.1, 0.15) is 17.2 Å². The number of hydrogen-bond acceptors (Lipinski definition) is 4. The molecule has 1 amide bonds. The van der Waals surface area contributed by atoms with Gasteiger partial charge >= 0.3 is 0 Å². The van der Waals surface area contributed by atoms with E-state index >= 15 is 0 Å². The first-order valence-corrected chi connectivity index (χ1v) is 6.46. The summed E-state index contributed by atoms with van der Waals surface area (Å²) < 4.78 is 5.14. The Morgan fingerprint density at radius 2 is 2.00 bits per heavy atom. The molecule has 0 saturated carbocycles. The lowest BCUT2D eigenvalue weighted by Gasteiger charge is -2.03.